The van der Waals surface area contributed by atoms with Crippen molar-refractivity contribution in [2.75, 3.05) is 0 Å². The zero-order chi connectivity index (χ0) is 17.4. The van der Waals surface area contributed by atoms with Crippen LogP contribution in [0.5, 0.6) is 0 Å². The van der Waals surface area contributed by atoms with Crippen LogP contribution in [0.25, 0.3) is 0 Å². The van der Waals surface area contributed by atoms with Gasteiger partial charge >= 0.3 is 6.09 Å². The maximum absolute atomic E-state index is 12.3. The number of hydrogen-bond donors (Lipinski definition) is 1. The Kier molecular flexibility index (Phi) is 4.52. The molecule has 0 heterocycles. The Morgan fingerprint density at radius 3 is 2.48 bits per heavy atom. The molecular weight excluding hydrogens is 334 g/mol. The highest BCUT2D eigenvalue weighted by Crippen LogP contribution is 2.60. The van der Waals surface area contributed by atoms with Gasteiger partial charge in [0.05, 0.1) is 0 Å². The second-order valence-corrected chi connectivity index (χ2v) is 9.62. The van der Waals surface area contributed by atoms with Crippen molar-refractivity contribution in [2.24, 2.45) is 17.8 Å². The van der Waals surface area contributed by atoms with E-state index in [4.69, 9.17) is 4.74 Å². The van der Waals surface area contributed by atoms with Gasteiger partial charge in [-0.05, 0) is 55.4 Å². The molecule has 0 radical (unpaired) electrons. The number of rotatable bonds is 4. The molecule has 0 aliphatic heterocycles. The van der Waals surface area contributed by atoms with E-state index in [2.05, 4.69) is 5.32 Å². The van der Waals surface area contributed by atoms with E-state index in [1.165, 1.54) is 19.3 Å². The van der Waals surface area contributed by atoms with Crippen LogP contribution in [0.1, 0.15) is 44.6 Å². The van der Waals surface area contributed by atoms with Gasteiger partial charge in [-0.1, -0.05) is 42.1 Å². The van der Waals surface area contributed by atoms with Crippen molar-refractivity contribution in [3.8, 4) is 0 Å². The van der Waals surface area contributed by atoms with Gasteiger partial charge in [0.2, 0.25) is 0 Å². The molecular formula is C20H25NO3S. The van der Waals surface area contributed by atoms with Crippen LogP contribution in [-0.4, -0.2) is 22.0 Å². The molecule has 4 bridgehead atoms. The zero-order valence-corrected chi connectivity index (χ0v) is 15.4. The van der Waals surface area contributed by atoms with Crippen molar-refractivity contribution in [3.05, 3.63) is 35.9 Å². The standard InChI is InChI=1S/C20H25NO3S/c1-13(22)25-20-9-15-7-16(10-20)18(17(8-15)11-20)21-19(23)24-12-14-5-3-2-4-6-14/h2-6,15-18H,7-12H2,1H3,(H,21,23)/t15?,16-,17+,18?,20?. The average Bonchev–Trinajstić information content (AvgIpc) is 2.55. The number of benzene rings is 1. The van der Waals surface area contributed by atoms with E-state index in [1.807, 2.05) is 30.3 Å². The average molecular weight is 359 g/mol. The van der Waals surface area contributed by atoms with Gasteiger partial charge in [-0.3, -0.25) is 4.79 Å². The Morgan fingerprint density at radius 2 is 1.84 bits per heavy atom. The van der Waals surface area contributed by atoms with Crippen LogP contribution in [0.3, 0.4) is 0 Å². The highest BCUT2D eigenvalue weighted by Gasteiger charge is 2.56. The van der Waals surface area contributed by atoms with Crippen molar-refractivity contribution < 1.29 is 14.3 Å². The highest BCUT2D eigenvalue weighted by atomic mass is 32.2. The van der Waals surface area contributed by atoms with Crippen molar-refractivity contribution in [1.82, 2.24) is 5.32 Å². The minimum absolute atomic E-state index is 0.133. The first-order valence-corrected chi connectivity index (χ1v) is 10.0. The largest absolute Gasteiger partial charge is 0.445 e. The molecule has 4 saturated carbocycles. The number of amides is 1. The van der Waals surface area contributed by atoms with Gasteiger partial charge in [-0.15, -0.1) is 0 Å². The van der Waals surface area contributed by atoms with Crippen LogP contribution >= 0.6 is 11.8 Å². The summed E-state index contributed by atoms with van der Waals surface area (Å²) in [6, 6.07) is 9.96. The molecule has 5 rings (SSSR count). The molecule has 4 aliphatic rings. The Morgan fingerprint density at radius 1 is 1.16 bits per heavy atom. The minimum atomic E-state index is -0.311. The molecule has 5 atom stereocenters. The molecule has 1 aromatic carbocycles. The summed E-state index contributed by atoms with van der Waals surface area (Å²) in [6.45, 7) is 1.99. The van der Waals surface area contributed by atoms with E-state index < -0.39 is 0 Å². The summed E-state index contributed by atoms with van der Waals surface area (Å²) in [5, 5.41) is 3.38. The second-order valence-electron chi connectivity index (χ2n) is 7.98. The third kappa shape index (κ3) is 3.57. The van der Waals surface area contributed by atoms with Gasteiger partial charge in [0, 0.05) is 17.7 Å². The van der Waals surface area contributed by atoms with Crippen LogP contribution in [0, 0.1) is 17.8 Å². The van der Waals surface area contributed by atoms with Gasteiger partial charge < -0.3 is 10.1 Å². The van der Waals surface area contributed by atoms with Crippen molar-refractivity contribution in [2.45, 2.75) is 56.4 Å². The molecule has 4 nitrogen and oxygen atoms in total. The molecule has 1 aromatic rings. The van der Waals surface area contributed by atoms with Gasteiger partial charge in [0.15, 0.2) is 5.12 Å². The van der Waals surface area contributed by atoms with Crippen molar-refractivity contribution in [1.29, 1.82) is 0 Å². The third-order valence-electron chi connectivity index (χ3n) is 6.07. The second kappa shape index (κ2) is 6.67. The predicted molar refractivity (Wildman–Crippen MR) is 98.1 cm³/mol. The van der Waals surface area contributed by atoms with E-state index in [0.717, 1.165) is 24.3 Å². The van der Waals surface area contributed by atoms with Crippen molar-refractivity contribution in [3.63, 3.8) is 0 Å². The molecule has 1 amide bonds. The SMILES string of the molecule is CC(=O)SC12CC3C[C@H](C1)C(NC(=O)OCc1ccccc1)[C@@H](C3)C2. The first kappa shape index (κ1) is 17.0. The van der Waals surface area contributed by atoms with Crippen molar-refractivity contribution >= 4 is 23.0 Å². The van der Waals surface area contributed by atoms with Crippen LogP contribution in [0.2, 0.25) is 0 Å². The van der Waals surface area contributed by atoms with Gasteiger partial charge in [0.1, 0.15) is 6.61 Å². The van der Waals surface area contributed by atoms with Gasteiger partial charge in [0.25, 0.3) is 0 Å². The number of ether oxygens (including phenoxy) is 1. The van der Waals surface area contributed by atoms with E-state index >= 15 is 0 Å². The fourth-order valence-electron chi connectivity index (χ4n) is 5.52. The first-order chi connectivity index (χ1) is 12.0. The van der Waals surface area contributed by atoms with Crippen LogP contribution < -0.4 is 5.32 Å². The Bertz CT molecular complexity index is 646. The molecule has 0 saturated heterocycles. The number of thioether (sulfide) groups is 1. The zero-order valence-electron chi connectivity index (χ0n) is 14.6. The Labute approximate surface area is 153 Å². The van der Waals surface area contributed by atoms with Crippen LogP contribution in [0.15, 0.2) is 30.3 Å². The first-order valence-electron chi connectivity index (χ1n) is 9.20. The maximum Gasteiger partial charge on any atom is 0.407 e. The van der Waals surface area contributed by atoms with E-state index in [1.54, 1.807) is 18.7 Å². The molecule has 4 aliphatic carbocycles. The normalized spacial score (nSPS) is 35.4. The molecule has 25 heavy (non-hydrogen) atoms. The van der Waals surface area contributed by atoms with Gasteiger partial charge in [-0.25, -0.2) is 4.79 Å². The summed E-state index contributed by atoms with van der Waals surface area (Å²) in [6.07, 6.45) is 5.33. The Balaban J connectivity index is 1.36. The number of carbonyl (C=O) groups excluding carboxylic acids is 2. The summed E-state index contributed by atoms with van der Waals surface area (Å²) in [5.41, 5.74) is 1.000. The topological polar surface area (TPSA) is 55.4 Å². The lowest BCUT2D eigenvalue weighted by Crippen LogP contribution is -2.60. The summed E-state index contributed by atoms with van der Waals surface area (Å²) >= 11 is 1.56. The number of alkyl carbamates (subject to hydrolysis) is 1. The molecule has 1 N–H and O–H groups in total. The number of nitrogens with one attached hydrogen (secondary N) is 1. The molecule has 5 heteroatoms. The Hall–Kier alpha value is -1.49. The maximum atomic E-state index is 12.3. The predicted octanol–water partition coefficient (Wildman–Crippen LogP) is 4.14. The van der Waals surface area contributed by atoms with E-state index in [-0.39, 0.29) is 22.0 Å². The molecule has 0 aromatic heterocycles. The lowest BCUT2D eigenvalue weighted by Gasteiger charge is -2.59. The quantitative estimate of drug-likeness (QED) is 0.878. The van der Waals surface area contributed by atoms with Gasteiger partial charge in [-0.2, -0.15) is 0 Å². The molecule has 3 unspecified atom stereocenters. The fraction of sp³-hybridized carbons (Fsp3) is 0.600. The lowest BCUT2D eigenvalue weighted by molar-refractivity contribution is -0.109. The lowest BCUT2D eigenvalue weighted by atomic mass is 9.53. The molecule has 0 spiro atoms. The fourth-order valence-corrected chi connectivity index (χ4v) is 7.04. The monoisotopic (exact) mass is 359 g/mol. The highest BCUT2D eigenvalue weighted by molar-refractivity contribution is 8.14. The summed E-state index contributed by atoms with van der Waals surface area (Å²) in [7, 11) is 0. The molecule has 134 valence electrons. The summed E-state index contributed by atoms with van der Waals surface area (Å²) in [4.78, 5) is 24.0. The van der Waals surface area contributed by atoms with E-state index in [9.17, 15) is 9.59 Å². The summed E-state index contributed by atoms with van der Waals surface area (Å²) < 4.78 is 5.55. The van der Waals surface area contributed by atoms with Crippen LogP contribution in [-0.2, 0) is 16.1 Å². The van der Waals surface area contributed by atoms with Crippen LogP contribution in [0.4, 0.5) is 4.79 Å². The van der Waals surface area contributed by atoms with E-state index in [0.29, 0.717) is 18.4 Å². The summed E-state index contributed by atoms with van der Waals surface area (Å²) in [5.74, 6) is 1.70. The molecule has 4 fully saturated rings. The third-order valence-corrected chi connectivity index (χ3v) is 7.29. The smallest absolute Gasteiger partial charge is 0.407 e. The number of carbonyl (C=O) groups is 2. The minimum Gasteiger partial charge on any atom is -0.445 e. The number of hydrogen-bond acceptors (Lipinski definition) is 4.